The molecular formula is C20H23N7. The van der Waals surface area contributed by atoms with Crippen molar-refractivity contribution in [1.29, 1.82) is 0 Å². The van der Waals surface area contributed by atoms with E-state index in [2.05, 4.69) is 25.3 Å². The molecule has 0 aliphatic heterocycles. The summed E-state index contributed by atoms with van der Waals surface area (Å²) >= 11 is 0. The Labute approximate surface area is 158 Å². The number of anilines is 2. The van der Waals surface area contributed by atoms with E-state index in [1.54, 1.807) is 6.20 Å². The minimum Gasteiger partial charge on any atom is -0.369 e. The van der Waals surface area contributed by atoms with Crippen molar-refractivity contribution < 1.29 is 0 Å². The number of nitrogen functional groups attached to an aromatic ring is 1. The Morgan fingerprint density at radius 1 is 1.04 bits per heavy atom. The predicted molar refractivity (Wildman–Crippen MR) is 106 cm³/mol. The maximum absolute atomic E-state index is 5.88. The number of hydrogen-bond donors (Lipinski definition) is 3. The van der Waals surface area contributed by atoms with Gasteiger partial charge >= 0.3 is 0 Å². The highest BCUT2D eigenvalue weighted by atomic mass is 15.1. The van der Waals surface area contributed by atoms with Crippen LogP contribution >= 0.6 is 0 Å². The Balaban J connectivity index is 1.39. The smallest absolute Gasteiger partial charge is 0.222 e. The lowest BCUT2D eigenvalue weighted by Crippen LogP contribution is -2.35. The Hall–Kier alpha value is -3.06. The fourth-order valence-corrected chi connectivity index (χ4v) is 3.28. The molecule has 1 aromatic carbocycles. The Morgan fingerprint density at radius 3 is 2.63 bits per heavy atom. The summed E-state index contributed by atoms with van der Waals surface area (Å²) in [5.74, 6) is 2.20. The van der Waals surface area contributed by atoms with Gasteiger partial charge in [-0.3, -0.25) is 0 Å². The van der Waals surface area contributed by atoms with Crippen molar-refractivity contribution in [1.82, 2.24) is 19.9 Å². The van der Waals surface area contributed by atoms with Gasteiger partial charge in [-0.25, -0.2) is 15.0 Å². The van der Waals surface area contributed by atoms with E-state index in [1.165, 1.54) is 0 Å². The molecule has 138 valence electrons. The van der Waals surface area contributed by atoms with Crippen LogP contribution in [0.4, 0.5) is 11.8 Å². The van der Waals surface area contributed by atoms with E-state index in [9.17, 15) is 0 Å². The second-order valence-corrected chi connectivity index (χ2v) is 6.87. The van der Waals surface area contributed by atoms with Crippen LogP contribution in [0.25, 0.3) is 11.3 Å². The van der Waals surface area contributed by atoms with Gasteiger partial charge in [-0.05, 0) is 18.9 Å². The van der Waals surface area contributed by atoms with Crippen LogP contribution in [0, 0.1) is 0 Å². The molecule has 7 heteroatoms. The van der Waals surface area contributed by atoms with Crippen LogP contribution in [0.3, 0.4) is 0 Å². The summed E-state index contributed by atoms with van der Waals surface area (Å²) in [6, 6.07) is 14.3. The van der Waals surface area contributed by atoms with Gasteiger partial charge in [0.15, 0.2) is 0 Å². The average Bonchev–Trinajstić information content (AvgIpc) is 2.66. The zero-order valence-corrected chi connectivity index (χ0v) is 15.0. The van der Waals surface area contributed by atoms with Crippen molar-refractivity contribution in [2.45, 2.75) is 31.2 Å². The average molecular weight is 361 g/mol. The molecule has 0 amide bonds. The Bertz CT molecular complexity index is 907. The third-order valence-electron chi connectivity index (χ3n) is 4.79. The van der Waals surface area contributed by atoms with Gasteiger partial charge in [0.1, 0.15) is 11.6 Å². The summed E-state index contributed by atoms with van der Waals surface area (Å²) in [4.78, 5) is 17.6. The molecule has 2 heterocycles. The molecule has 0 atom stereocenters. The molecular weight excluding hydrogens is 338 g/mol. The molecule has 4 rings (SSSR count). The van der Waals surface area contributed by atoms with E-state index in [0.717, 1.165) is 41.4 Å². The standard InChI is InChI=1S/C20H23N7/c21-15-10-14(11-15)17-12-19(27-20(22)26-17)24-9-7-18-23-8-6-16(25-18)13-4-2-1-3-5-13/h1-6,8,12,14-15H,7,9-11,21H2,(H3,22,24,26,27). The Morgan fingerprint density at radius 2 is 1.85 bits per heavy atom. The van der Waals surface area contributed by atoms with Crippen LogP contribution in [0.1, 0.15) is 30.3 Å². The molecule has 3 aromatic rings. The lowest BCUT2D eigenvalue weighted by Gasteiger charge is -2.32. The van der Waals surface area contributed by atoms with Gasteiger partial charge in [0.25, 0.3) is 0 Å². The molecule has 1 aliphatic rings. The highest BCUT2D eigenvalue weighted by Gasteiger charge is 2.29. The summed E-state index contributed by atoms with van der Waals surface area (Å²) in [7, 11) is 0. The second kappa shape index (κ2) is 7.67. The second-order valence-electron chi connectivity index (χ2n) is 6.87. The summed E-state index contributed by atoms with van der Waals surface area (Å²) in [6.45, 7) is 0.665. The van der Waals surface area contributed by atoms with Crippen LogP contribution < -0.4 is 16.8 Å². The van der Waals surface area contributed by atoms with Crippen molar-refractivity contribution in [3.63, 3.8) is 0 Å². The van der Waals surface area contributed by atoms with E-state index < -0.39 is 0 Å². The molecule has 0 spiro atoms. The van der Waals surface area contributed by atoms with Crippen molar-refractivity contribution >= 4 is 11.8 Å². The van der Waals surface area contributed by atoms with Gasteiger partial charge in [0.2, 0.25) is 5.95 Å². The van der Waals surface area contributed by atoms with E-state index >= 15 is 0 Å². The zero-order valence-electron chi connectivity index (χ0n) is 15.0. The van der Waals surface area contributed by atoms with Crippen LogP contribution in [0.5, 0.6) is 0 Å². The fraction of sp³-hybridized carbons (Fsp3) is 0.300. The first-order chi connectivity index (χ1) is 13.2. The zero-order chi connectivity index (χ0) is 18.6. The third-order valence-corrected chi connectivity index (χ3v) is 4.79. The molecule has 1 saturated carbocycles. The largest absolute Gasteiger partial charge is 0.369 e. The highest BCUT2D eigenvalue weighted by molar-refractivity contribution is 5.58. The summed E-state index contributed by atoms with van der Waals surface area (Å²) in [6.07, 6.45) is 4.39. The number of nitrogens with zero attached hydrogens (tertiary/aromatic N) is 4. The first kappa shape index (κ1) is 17.4. The third kappa shape index (κ3) is 4.20. The molecule has 7 nitrogen and oxygen atoms in total. The molecule has 0 radical (unpaired) electrons. The summed E-state index contributed by atoms with van der Waals surface area (Å²) in [5.41, 5.74) is 14.7. The van der Waals surface area contributed by atoms with Gasteiger partial charge in [0.05, 0.1) is 11.4 Å². The van der Waals surface area contributed by atoms with Crippen molar-refractivity contribution in [2.24, 2.45) is 5.73 Å². The van der Waals surface area contributed by atoms with Crippen molar-refractivity contribution in [3.8, 4) is 11.3 Å². The lowest BCUT2D eigenvalue weighted by molar-refractivity contribution is 0.345. The van der Waals surface area contributed by atoms with E-state index in [4.69, 9.17) is 11.5 Å². The maximum atomic E-state index is 5.88. The Kier molecular flexibility index (Phi) is 4.93. The minimum absolute atomic E-state index is 0.275. The number of benzene rings is 1. The van der Waals surface area contributed by atoms with Crippen LogP contribution in [0.15, 0.2) is 48.7 Å². The molecule has 1 aliphatic carbocycles. The topological polar surface area (TPSA) is 116 Å². The van der Waals surface area contributed by atoms with Gasteiger partial charge in [-0.1, -0.05) is 30.3 Å². The van der Waals surface area contributed by atoms with E-state index in [0.29, 0.717) is 18.9 Å². The molecule has 1 fully saturated rings. The lowest BCUT2D eigenvalue weighted by atomic mass is 9.78. The summed E-state index contributed by atoms with van der Waals surface area (Å²) < 4.78 is 0. The molecule has 5 N–H and O–H groups in total. The SMILES string of the molecule is Nc1nc(NCCc2nccc(-c3ccccc3)n2)cc(C2CC(N)C2)n1. The quantitative estimate of drug-likeness (QED) is 0.617. The number of aromatic nitrogens is 4. The molecule has 0 saturated heterocycles. The van der Waals surface area contributed by atoms with Crippen LogP contribution in [0.2, 0.25) is 0 Å². The van der Waals surface area contributed by atoms with Gasteiger partial charge < -0.3 is 16.8 Å². The number of rotatable bonds is 6. The fourth-order valence-electron chi connectivity index (χ4n) is 3.28. The van der Waals surface area contributed by atoms with Crippen molar-refractivity contribution in [3.05, 3.63) is 60.2 Å². The normalized spacial score (nSPS) is 18.7. The van der Waals surface area contributed by atoms with E-state index in [1.807, 2.05) is 42.5 Å². The predicted octanol–water partition coefficient (Wildman–Crippen LogP) is 2.38. The van der Waals surface area contributed by atoms with Gasteiger partial charge in [-0.15, -0.1) is 0 Å². The molecule has 27 heavy (non-hydrogen) atoms. The van der Waals surface area contributed by atoms with E-state index in [-0.39, 0.29) is 12.0 Å². The monoisotopic (exact) mass is 361 g/mol. The van der Waals surface area contributed by atoms with Crippen molar-refractivity contribution in [2.75, 3.05) is 17.6 Å². The highest BCUT2D eigenvalue weighted by Crippen LogP contribution is 2.35. The first-order valence-electron chi connectivity index (χ1n) is 9.18. The number of nitrogens with one attached hydrogen (secondary N) is 1. The minimum atomic E-state index is 0.275. The molecule has 2 aromatic heterocycles. The molecule has 0 bridgehead atoms. The van der Waals surface area contributed by atoms with Crippen LogP contribution in [-0.2, 0) is 6.42 Å². The molecule has 0 unspecified atom stereocenters. The number of nitrogens with two attached hydrogens (primary N) is 2. The number of hydrogen-bond acceptors (Lipinski definition) is 7. The first-order valence-corrected chi connectivity index (χ1v) is 9.18. The van der Waals surface area contributed by atoms with Gasteiger partial charge in [-0.2, -0.15) is 4.98 Å². The van der Waals surface area contributed by atoms with Gasteiger partial charge in [0, 0.05) is 42.8 Å². The summed E-state index contributed by atoms with van der Waals surface area (Å²) in [5, 5.41) is 3.31. The maximum Gasteiger partial charge on any atom is 0.222 e. The van der Waals surface area contributed by atoms with Crippen LogP contribution in [-0.4, -0.2) is 32.5 Å².